The molecule has 0 aliphatic rings. The summed E-state index contributed by atoms with van der Waals surface area (Å²) in [6.07, 6.45) is 0. The van der Waals surface area contributed by atoms with Crippen molar-refractivity contribution in [3.05, 3.63) is 28.4 Å². The second kappa shape index (κ2) is 3.02. The van der Waals surface area contributed by atoms with Gasteiger partial charge in [-0.25, -0.2) is 4.79 Å². The molecule has 0 fully saturated rings. The van der Waals surface area contributed by atoms with Gasteiger partial charge < -0.3 is 14.6 Å². The van der Waals surface area contributed by atoms with Crippen molar-refractivity contribution < 1.29 is 19.4 Å². The molecule has 0 radical (unpaired) electrons. The summed E-state index contributed by atoms with van der Waals surface area (Å²) in [5, 5.41) is 18.5. The molecule has 2 aromatic rings. The molecule has 1 aromatic carbocycles. The molecule has 2 rings (SSSR count). The fraction of sp³-hybridized carbons (Fsp3) is 0. The summed E-state index contributed by atoms with van der Waals surface area (Å²) in [7, 11) is 0. The fourth-order valence-corrected chi connectivity index (χ4v) is 1.77. The van der Waals surface area contributed by atoms with Crippen molar-refractivity contribution in [3.8, 4) is 5.75 Å². The third-order valence-corrected chi connectivity index (χ3v) is 2.59. The molecular weight excluding hydrogens is 252 g/mol. The first-order chi connectivity index (χ1) is 6.59. The molecule has 0 unspecified atom stereocenters. The van der Waals surface area contributed by atoms with Crippen LogP contribution in [0.1, 0.15) is 10.6 Å². The average Bonchev–Trinajstić information content (AvgIpc) is 2.43. The van der Waals surface area contributed by atoms with Crippen molar-refractivity contribution in [3.63, 3.8) is 0 Å². The third kappa shape index (κ3) is 1.26. The lowest BCUT2D eigenvalue weighted by Crippen LogP contribution is -1.93. The zero-order valence-electron chi connectivity index (χ0n) is 6.82. The molecule has 72 valence electrons. The van der Waals surface area contributed by atoms with E-state index in [1.54, 1.807) is 6.07 Å². The van der Waals surface area contributed by atoms with Gasteiger partial charge in [0.05, 0.1) is 4.47 Å². The van der Waals surface area contributed by atoms with E-state index in [0.717, 1.165) is 0 Å². The highest BCUT2D eigenvalue weighted by Gasteiger charge is 2.17. The number of fused-ring (bicyclic) bond motifs is 1. The standard InChI is InChI=1S/C9H5BrO4/c10-7-5-2-1-4(11)3-6(5)14-8(7)9(12)13/h1-3,11H,(H,12,13). The lowest BCUT2D eigenvalue weighted by atomic mass is 10.2. The van der Waals surface area contributed by atoms with Crippen LogP contribution in [0.5, 0.6) is 5.75 Å². The van der Waals surface area contributed by atoms with Gasteiger partial charge in [0.25, 0.3) is 0 Å². The average molecular weight is 257 g/mol. The van der Waals surface area contributed by atoms with E-state index < -0.39 is 5.97 Å². The smallest absolute Gasteiger partial charge is 0.373 e. The maximum absolute atomic E-state index is 10.7. The van der Waals surface area contributed by atoms with Crippen LogP contribution in [0, 0.1) is 0 Å². The molecule has 0 aliphatic heterocycles. The van der Waals surface area contributed by atoms with Crippen LogP contribution in [0.4, 0.5) is 0 Å². The number of carboxylic acid groups (broad SMARTS) is 1. The summed E-state index contributed by atoms with van der Waals surface area (Å²) in [6.45, 7) is 0. The van der Waals surface area contributed by atoms with Crippen LogP contribution in [0.3, 0.4) is 0 Å². The van der Waals surface area contributed by atoms with E-state index in [0.29, 0.717) is 15.4 Å². The highest BCUT2D eigenvalue weighted by atomic mass is 79.9. The number of hydrogen-bond donors (Lipinski definition) is 2. The van der Waals surface area contributed by atoms with Crippen LogP contribution in [-0.4, -0.2) is 16.2 Å². The molecule has 0 atom stereocenters. The number of carboxylic acids is 1. The number of carbonyl (C=O) groups is 1. The first-order valence-electron chi connectivity index (χ1n) is 3.74. The molecular formula is C9H5BrO4. The monoisotopic (exact) mass is 256 g/mol. The van der Waals surface area contributed by atoms with Gasteiger partial charge in [-0.2, -0.15) is 0 Å². The summed E-state index contributed by atoms with van der Waals surface area (Å²) < 4.78 is 5.42. The Bertz CT molecular complexity index is 515. The maximum Gasteiger partial charge on any atom is 0.373 e. The van der Waals surface area contributed by atoms with E-state index in [4.69, 9.17) is 14.6 Å². The van der Waals surface area contributed by atoms with Gasteiger partial charge in [-0.3, -0.25) is 0 Å². The number of benzene rings is 1. The van der Waals surface area contributed by atoms with Gasteiger partial charge in [0.1, 0.15) is 11.3 Å². The molecule has 0 bridgehead atoms. The van der Waals surface area contributed by atoms with E-state index in [2.05, 4.69) is 15.9 Å². The molecule has 5 heteroatoms. The van der Waals surface area contributed by atoms with Crippen LogP contribution in [0.15, 0.2) is 27.1 Å². The second-order valence-corrected chi connectivity index (χ2v) is 3.52. The molecule has 0 saturated heterocycles. The second-order valence-electron chi connectivity index (χ2n) is 2.73. The Kier molecular flexibility index (Phi) is 1.96. The Labute approximate surface area is 86.9 Å². The molecule has 1 aromatic heterocycles. The Morgan fingerprint density at radius 2 is 2.14 bits per heavy atom. The van der Waals surface area contributed by atoms with Gasteiger partial charge in [0.2, 0.25) is 5.76 Å². The van der Waals surface area contributed by atoms with Crippen LogP contribution in [0.25, 0.3) is 11.0 Å². The van der Waals surface area contributed by atoms with Gasteiger partial charge in [0.15, 0.2) is 0 Å². The Hall–Kier alpha value is -1.49. The maximum atomic E-state index is 10.7. The topological polar surface area (TPSA) is 70.7 Å². The van der Waals surface area contributed by atoms with E-state index in [1.807, 2.05) is 0 Å². The molecule has 4 nitrogen and oxygen atoms in total. The number of phenolic OH excluding ortho intramolecular Hbond substituents is 1. The highest BCUT2D eigenvalue weighted by molar-refractivity contribution is 9.10. The quantitative estimate of drug-likeness (QED) is 0.823. The van der Waals surface area contributed by atoms with Crippen LogP contribution < -0.4 is 0 Å². The van der Waals surface area contributed by atoms with Gasteiger partial charge in [-0.15, -0.1) is 0 Å². The minimum absolute atomic E-state index is 0.0377. The Balaban J connectivity index is 2.79. The van der Waals surface area contributed by atoms with E-state index in [9.17, 15) is 4.79 Å². The van der Waals surface area contributed by atoms with Crippen molar-refractivity contribution in [2.75, 3.05) is 0 Å². The van der Waals surface area contributed by atoms with Crippen molar-refractivity contribution in [2.24, 2.45) is 0 Å². The summed E-state index contributed by atoms with van der Waals surface area (Å²) in [6, 6.07) is 4.42. The van der Waals surface area contributed by atoms with Gasteiger partial charge in [-0.1, -0.05) is 0 Å². The number of halogens is 1. The highest BCUT2D eigenvalue weighted by Crippen LogP contribution is 2.32. The number of hydrogen-bond acceptors (Lipinski definition) is 3. The van der Waals surface area contributed by atoms with E-state index >= 15 is 0 Å². The third-order valence-electron chi connectivity index (χ3n) is 1.81. The molecule has 2 N–H and O–H groups in total. The van der Waals surface area contributed by atoms with Gasteiger partial charge in [0, 0.05) is 11.5 Å². The predicted octanol–water partition coefficient (Wildman–Crippen LogP) is 2.60. The molecule has 0 spiro atoms. The number of phenols is 1. The van der Waals surface area contributed by atoms with Crippen LogP contribution in [-0.2, 0) is 0 Å². The normalized spacial score (nSPS) is 10.6. The predicted molar refractivity (Wildman–Crippen MR) is 52.5 cm³/mol. The van der Waals surface area contributed by atoms with Crippen molar-refractivity contribution >= 4 is 32.9 Å². The number of aromatic carboxylic acids is 1. The largest absolute Gasteiger partial charge is 0.508 e. The Morgan fingerprint density at radius 3 is 2.79 bits per heavy atom. The SMILES string of the molecule is O=C(O)c1oc2cc(O)ccc2c1Br. The molecule has 0 amide bonds. The summed E-state index contributed by atoms with van der Waals surface area (Å²) in [5.74, 6) is -1.27. The zero-order valence-corrected chi connectivity index (χ0v) is 8.41. The minimum Gasteiger partial charge on any atom is -0.508 e. The number of furan rings is 1. The summed E-state index contributed by atoms with van der Waals surface area (Å²) in [4.78, 5) is 10.7. The molecule has 0 aliphatic carbocycles. The van der Waals surface area contributed by atoms with Crippen molar-refractivity contribution in [2.45, 2.75) is 0 Å². The van der Waals surface area contributed by atoms with E-state index in [1.165, 1.54) is 12.1 Å². The number of rotatable bonds is 1. The minimum atomic E-state index is -1.15. The first kappa shape index (κ1) is 9.08. The van der Waals surface area contributed by atoms with Crippen LogP contribution in [0.2, 0.25) is 0 Å². The van der Waals surface area contributed by atoms with Crippen molar-refractivity contribution in [1.82, 2.24) is 0 Å². The summed E-state index contributed by atoms with van der Waals surface area (Å²) >= 11 is 3.12. The molecule has 14 heavy (non-hydrogen) atoms. The first-order valence-corrected chi connectivity index (χ1v) is 4.53. The van der Waals surface area contributed by atoms with Gasteiger partial charge >= 0.3 is 5.97 Å². The van der Waals surface area contributed by atoms with Crippen molar-refractivity contribution in [1.29, 1.82) is 0 Å². The lowest BCUT2D eigenvalue weighted by molar-refractivity contribution is 0.0663. The van der Waals surface area contributed by atoms with Crippen LogP contribution >= 0.6 is 15.9 Å². The fourth-order valence-electron chi connectivity index (χ4n) is 1.19. The number of aromatic hydroxyl groups is 1. The van der Waals surface area contributed by atoms with E-state index in [-0.39, 0.29) is 11.5 Å². The molecule has 0 saturated carbocycles. The van der Waals surface area contributed by atoms with Gasteiger partial charge in [-0.05, 0) is 28.1 Å². The summed E-state index contributed by atoms with van der Waals surface area (Å²) in [5.41, 5.74) is 0.342. The lowest BCUT2D eigenvalue weighted by Gasteiger charge is -1.89. The Morgan fingerprint density at radius 1 is 1.43 bits per heavy atom. The zero-order chi connectivity index (χ0) is 10.3. The molecule has 1 heterocycles.